The van der Waals surface area contributed by atoms with Crippen LogP contribution in [-0.2, 0) is 11.2 Å². The van der Waals surface area contributed by atoms with Crippen LogP contribution in [0.25, 0.3) is 5.69 Å². The van der Waals surface area contributed by atoms with Crippen LogP contribution in [0.3, 0.4) is 0 Å². The number of aryl methyl sites for hydroxylation is 1. The Morgan fingerprint density at radius 2 is 1.87 bits per heavy atom. The van der Waals surface area contributed by atoms with Crippen LogP contribution in [0.2, 0.25) is 0 Å². The Labute approximate surface area is 187 Å². The summed E-state index contributed by atoms with van der Waals surface area (Å²) in [4.78, 5) is 14.6. The third-order valence-corrected chi connectivity index (χ3v) is 6.03. The number of carbonyl (C=O) groups is 1. The predicted octanol–water partition coefficient (Wildman–Crippen LogP) is 3.35. The van der Waals surface area contributed by atoms with Gasteiger partial charge in [0.25, 0.3) is 0 Å². The summed E-state index contributed by atoms with van der Waals surface area (Å²) in [5, 5.41) is 11.9. The van der Waals surface area contributed by atoms with Crippen molar-refractivity contribution < 1.29 is 9.53 Å². The zero-order valence-corrected chi connectivity index (χ0v) is 19.2. The molecule has 0 fully saturated rings. The number of rotatable bonds is 10. The number of likely N-dealkylation sites (N-methyl/N-ethyl adjacent to an activating group) is 1. The maximum atomic E-state index is 12.5. The van der Waals surface area contributed by atoms with Crippen molar-refractivity contribution >= 4 is 17.7 Å². The maximum absolute atomic E-state index is 12.5. The number of methoxy groups -OCH3 is 1. The van der Waals surface area contributed by atoms with Crippen LogP contribution < -0.4 is 10.1 Å². The van der Waals surface area contributed by atoms with Crippen LogP contribution in [0, 0.1) is 0 Å². The number of nitrogens with zero attached hydrogens (tertiary/aromatic N) is 4. The fraction of sp³-hybridized carbons (Fsp3) is 0.348. The standard InChI is InChI=1S/C23H29N5O2S/c1-5-17-6-8-18(9-7-17)21(27(2)3)14-24-22(29)15-31-23-26-25-16-28(23)19-10-12-20(30-4)13-11-19/h6-13,16,21H,5,14-15H2,1-4H3,(H,24,29). The van der Waals surface area contributed by atoms with Gasteiger partial charge < -0.3 is 15.0 Å². The van der Waals surface area contributed by atoms with Crippen molar-refractivity contribution in [2.75, 3.05) is 33.5 Å². The molecule has 2 aromatic carbocycles. The van der Waals surface area contributed by atoms with Crippen molar-refractivity contribution in [3.05, 3.63) is 66.0 Å². The highest BCUT2D eigenvalue weighted by Gasteiger charge is 2.16. The highest BCUT2D eigenvalue weighted by Crippen LogP contribution is 2.22. The van der Waals surface area contributed by atoms with Gasteiger partial charge in [-0.05, 0) is 55.9 Å². The van der Waals surface area contributed by atoms with Crippen molar-refractivity contribution in [2.24, 2.45) is 0 Å². The zero-order valence-electron chi connectivity index (χ0n) is 18.4. The Bertz CT molecular complexity index is 970. The van der Waals surface area contributed by atoms with Crippen molar-refractivity contribution in [3.8, 4) is 11.4 Å². The van der Waals surface area contributed by atoms with E-state index in [4.69, 9.17) is 4.74 Å². The molecule has 31 heavy (non-hydrogen) atoms. The van der Waals surface area contributed by atoms with Crippen LogP contribution in [0.5, 0.6) is 5.75 Å². The molecule has 3 aromatic rings. The van der Waals surface area contributed by atoms with E-state index < -0.39 is 0 Å². The highest BCUT2D eigenvalue weighted by molar-refractivity contribution is 7.99. The molecule has 7 nitrogen and oxygen atoms in total. The lowest BCUT2D eigenvalue weighted by molar-refractivity contribution is -0.118. The van der Waals surface area contributed by atoms with Gasteiger partial charge in [-0.1, -0.05) is 43.0 Å². The summed E-state index contributed by atoms with van der Waals surface area (Å²) in [5.74, 6) is 1.01. The van der Waals surface area contributed by atoms with Crippen LogP contribution in [0.1, 0.15) is 24.1 Å². The number of hydrogen-bond acceptors (Lipinski definition) is 6. The number of amides is 1. The van der Waals surface area contributed by atoms with Gasteiger partial charge in [0.1, 0.15) is 12.1 Å². The van der Waals surface area contributed by atoms with E-state index in [1.165, 1.54) is 22.9 Å². The second-order valence-corrected chi connectivity index (χ2v) is 8.29. The van der Waals surface area contributed by atoms with Gasteiger partial charge in [-0.15, -0.1) is 10.2 Å². The molecule has 3 rings (SSSR count). The molecule has 1 unspecified atom stereocenters. The first-order valence-electron chi connectivity index (χ1n) is 10.2. The van der Waals surface area contributed by atoms with Gasteiger partial charge in [0, 0.05) is 12.2 Å². The summed E-state index contributed by atoms with van der Waals surface area (Å²) in [6, 6.07) is 16.3. The summed E-state index contributed by atoms with van der Waals surface area (Å²) in [6.07, 6.45) is 2.66. The quantitative estimate of drug-likeness (QED) is 0.489. The molecule has 0 aliphatic rings. The summed E-state index contributed by atoms with van der Waals surface area (Å²) >= 11 is 1.36. The SMILES string of the molecule is CCc1ccc(C(CNC(=O)CSc2nncn2-c2ccc(OC)cc2)N(C)C)cc1. The largest absolute Gasteiger partial charge is 0.497 e. The monoisotopic (exact) mass is 439 g/mol. The summed E-state index contributed by atoms with van der Waals surface area (Å²) in [5.41, 5.74) is 3.41. The van der Waals surface area contributed by atoms with E-state index >= 15 is 0 Å². The van der Waals surface area contributed by atoms with Crippen LogP contribution >= 0.6 is 11.8 Å². The summed E-state index contributed by atoms with van der Waals surface area (Å²) in [6.45, 7) is 2.69. The van der Waals surface area contributed by atoms with Gasteiger partial charge in [-0.3, -0.25) is 9.36 Å². The van der Waals surface area contributed by atoms with E-state index in [1.807, 2.05) is 42.9 Å². The number of thioether (sulfide) groups is 1. The molecule has 0 aliphatic heterocycles. The molecule has 1 N–H and O–H groups in total. The van der Waals surface area contributed by atoms with E-state index in [-0.39, 0.29) is 17.7 Å². The molecule has 0 saturated heterocycles. The average Bonchev–Trinajstić information content (AvgIpc) is 3.26. The number of carbonyl (C=O) groups excluding carboxylic acids is 1. The predicted molar refractivity (Wildman–Crippen MR) is 124 cm³/mol. The summed E-state index contributed by atoms with van der Waals surface area (Å²) < 4.78 is 7.06. The molecule has 1 aromatic heterocycles. The molecule has 1 atom stereocenters. The number of ether oxygens (including phenoxy) is 1. The highest BCUT2D eigenvalue weighted by atomic mass is 32.2. The molecule has 0 bridgehead atoms. The lowest BCUT2D eigenvalue weighted by Crippen LogP contribution is -2.35. The average molecular weight is 440 g/mol. The molecular formula is C23H29N5O2S. The fourth-order valence-electron chi connectivity index (χ4n) is 3.21. The van der Waals surface area contributed by atoms with E-state index in [9.17, 15) is 4.79 Å². The molecule has 8 heteroatoms. The third kappa shape index (κ3) is 6.08. The minimum Gasteiger partial charge on any atom is -0.497 e. The van der Waals surface area contributed by atoms with Crippen LogP contribution in [0.15, 0.2) is 60.0 Å². The zero-order chi connectivity index (χ0) is 22.2. The number of benzene rings is 2. The molecule has 1 amide bonds. The van der Waals surface area contributed by atoms with E-state index in [0.717, 1.165) is 17.9 Å². The number of aromatic nitrogens is 3. The van der Waals surface area contributed by atoms with Gasteiger partial charge in [0.15, 0.2) is 5.16 Å². The topological polar surface area (TPSA) is 72.3 Å². The Kier molecular flexibility index (Phi) is 8.08. The fourth-order valence-corrected chi connectivity index (χ4v) is 3.97. The maximum Gasteiger partial charge on any atom is 0.230 e. The van der Waals surface area contributed by atoms with Crippen molar-refractivity contribution in [2.45, 2.75) is 24.5 Å². The lowest BCUT2D eigenvalue weighted by atomic mass is 10.0. The van der Waals surface area contributed by atoms with Crippen LogP contribution in [0.4, 0.5) is 0 Å². The lowest BCUT2D eigenvalue weighted by Gasteiger charge is -2.25. The smallest absolute Gasteiger partial charge is 0.230 e. The minimum absolute atomic E-state index is 0.0358. The normalized spacial score (nSPS) is 12.0. The first-order chi connectivity index (χ1) is 15.0. The summed E-state index contributed by atoms with van der Waals surface area (Å²) in [7, 11) is 5.68. The van der Waals surface area contributed by atoms with Gasteiger partial charge >= 0.3 is 0 Å². The Balaban J connectivity index is 1.56. The molecule has 0 saturated carbocycles. The second kappa shape index (κ2) is 11.0. The first-order valence-corrected chi connectivity index (χ1v) is 11.2. The van der Waals surface area contributed by atoms with Crippen molar-refractivity contribution in [1.29, 1.82) is 0 Å². The molecule has 1 heterocycles. The third-order valence-electron chi connectivity index (χ3n) is 5.09. The Hall–Kier alpha value is -2.84. The van der Waals surface area contributed by atoms with Crippen molar-refractivity contribution in [1.82, 2.24) is 25.0 Å². The first kappa shape index (κ1) is 22.8. The van der Waals surface area contributed by atoms with Crippen molar-refractivity contribution in [3.63, 3.8) is 0 Å². The van der Waals surface area contributed by atoms with Crippen LogP contribution in [-0.4, -0.2) is 59.1 Å². The Morgan fingerprint density at radius 1 is 1.16 bits per heavy atom. The van der Waals surface area contributed by atoms with E-state index in [1.54, 1.807) is 13.4 Å². The molecular weight excluding hydrogens is 410 g/mol. The van der Waals surface area contributed by atoms with E-state index in [0.29, 0.717) is 11.7 Å². The van der Waals surface area contributed by atoms with Gasteiger partial charge in [-0.2, -0.15) is 0 Å². The number of hydrogen-bond donors (Lipinski definition) is 1. The molecule has 164 valence electrons. The Morgan fingerprint density at radius 3 is 2.48 bits per heavy atom. The second-order valence-electron chi connectivity index (χ2n) is 7.35. The molecule has 0 radical (unpaired) electrons. The molecule has 0 aliphatic carbocycles. The molecule has 0 spiro atoms. The van der Waals surface area contributed by atoms with Gasteiger partial charge in [0.05, 0.1) is 18.9 Å². The minimum atomic E-state index is -0.0358. The van der Waals surface area contributed by atoms with Gasteiger partial charge in [-0.25, -0.2) is 0 Å². The van der Waals surface area contributed by atoms with E-state index in [2.05, 4.69) is 51.6 Å². The van der Waals surface area contributed by atoms with Gasteiger partial charge in [0.2, 0.25) is 5.91 Å². The number of nitrogens with one attached hydrogen (secondary N) is 1.